The molecule has 0 unspecified atom stereocenters. The highest BCUT2D eigenvalue weighted by Crippen LogP contribution is 2.30. The Balaban J connectivity index is 2.34. The van der Waals surface area contributed by atoms with E-state index in [0.717, 1.165) is 12.1 Å². The Labute approximate surface area is 98.1 Å². The number of hydrogen-bond donors (Lipinski definition) is 3. The second kappa shape index (κ2) is 4.57. The summed E-state index contributed by atoms with van der Waals surface area (Å²) in [7, 11) is 0. The molecule has 0 amide bonds. The van der Waals surface area contributed by atoms with Gasteiger partial charge in [-0.1, -0.05) is 18.2 Å². The summed E-state index contributed by atoms with van der Waals surface area (Å²) in [6, 6.07) is 11.4. The minimum atomic E-state index is -0.220. The van der Waals surface area contributed by atoms with Crippen LogP contribution in [0.5, 0.6) is 17.2 Å². The molecule has 0 saturated carbocycles. The van der Waals surface area contributed by atoms with Crippen LogP contribution in [0.1, 0.15) is 5.56 Å². The molecule has 17 heavy (non-hydrogen) atoms. The smallest absolute Gasteiger partial charge is 0.131 e. The fraction of sp³-hybridized carbons (Fsp3) is 0. The van der Waals surface area contributed by atoms with Crippen LogP contribution < -0.4 is 0 Å². The zero-order valence-electron chi connectivity index (χ0n) is 8.91. The normalized spacial score (nSPS) is 10.8. The number of aliphatic imine (C=N–C) groups is 1. The average molecular weight is 229 g/mol. The van der Waals surface area contributed by atoms with Crippen LogP contribution in [0.3, 0.4) is 0 Å². The third-order valence-corrected chi connectivity index (χ3v) is 2.22. The second-order valence-electron chi connectivity index (χ2n) is 3.49. The number of phenolic OH excluding ortho intramolecular Hbond substituents is 3. The zero-order valence-corrected chi connectivity index (χ0v) is 8.91. The molecule has 2 rings (SSSR count). The molecule has 0 aliphatic carbocycles. The van der Waals surface area contributed by atoms with Gasteiger partial charge in [0.25, 0.3) is 0 Å². The Hall–Kier alpha value is -2.49. The predicted molar refractivity (Wildman–Crippen MR) is 65.1 cm³/mol. The average Bonchev–Trinajstić information content (AvgIpc) is 2.29. The van der Waals surface area contributed by atoms with E-state index in [0.29, 0.717) is 5.69 Å². The summed E-state index contributed by atoms with van der Waals surface area (Å²) in [5, 5.41) is 28.2. The number of hydrogen-bond acceptors (Lipinski definition) is 4. The van der Waals surface area contributed by atoms with Gasteiger partial charge in [0.05, 0.1) is 11.3 Å². The van der Waals surface area contributed by atoms with Gasteiger partial charge in [0.1, 0.15) is 17.2 Å². The van der Waals surface area contributed by atoms with Crippen molar-refractivity contribution >= 4 is 11.9 Å². The molecule has 86 valence electrons. The molecule has 4 nitrogen and oxygen atoms in total. The van der Waals surface area contributed by atoms with Gasteiger partial charge < -0.3 is 15.3 Å². The summed E-state index contributed by atoms with van der Waals surface area (Å²) in [4.78, 5) is 4.10. The number of rotatable bonds is 2. The standard InChI is InChI=1S/C13H11NO3/c15-10-6-12(16)11(13(17)7-10)8-14-9-4-2-1-3-5-9/h1-8,15-17H. The van der Waals surface area contributed by atoms with Crippen LogP contribution in [0.4, 0.5) is 5.69 Å². The highest BCUT2D eigenvalue weighted by Gasteiger charge is 2.06. The largest absolute Gasteiger partial charge is 0.508 e. The first kappa shape index (κ1) is 11.0. The van der Waals surface area contributed by atoms with Crippen molar-refractivity contribution in [3.63, 3.8) is 0 Å². The van der Waals surface area contributed by atoms with Gasteiger partial charge in [-0.2, -0.15) is 0 Å². The molecule has 0 heterocycles. The van der Waals surface area contributed by atoms with E-state index >= 15 is 0 Å². The van der Waals surface area contributed by atoms with Crippen molar-refractivity contribution in [2.24, 2.45) is 4.99 Å². The molecule has 0 aliphatic heterocycles. The maximum atomic E-state index is 9.54. The Morgan fingerprint density at radius 3 is 2.06 bits per heavy atom. The Morgan fingerprint density at radius 2 is 1.47 bits per heavy atom. The quantitative estimate of drug-likeness (QED) is 0.693. The van der Waals surface area contributed by atoms with E-state index in [1.54, 1.807) is 12.1 Å². The third-order valence-electron chi connectivity index (χ3n) is 2.22. The first-order valence-corrected chi connectivity index (χ1v) is 5.01. The number of phenols is 3. The molecule has 0 saturated heterocycles. The van der Waals surface area contributed by atoms with Crippen LogP contribution in [0.2, 0.25) is 0 Å². The summed E-state index contributed by atoms with van der Waals surface area (Å²) >= 11 is 0. The molecule has 0 aromatic heterocycles. The number of nitrogens with zero attached hydrogens (tertiary/aromatic N) is 1. The third kappa shape index (κ3) is 2.55. The van der Waals surface area contributed by atoms with Crippen molar-refractivity contribution in [2.75, 3.05) is 0 Å². The lowest BCUT2D eigenvalue weighted by atomic mass is 10.2. The van der Waals surface area contributed by atoms with Crippen molar-refractivity contribution in [1.29, 1.82) is 0 Å². The molecule has 2 aromatic carbocycles. The van der Waals surface area contributed by atoms with E-state index in [2.05, 4.69) is 4.99 Å². The van der Waals surface area contributed by atoms with Gasteiger partial charge in [0.15, 0.2) is 0 Å². The minimum Gasteiger partial charge on any atom is -0.508 e. The Kier molecular flexibility index (Phi) is 2.96. The predicted octanol–water partition coefficient (Wildman–Crippen LogP) is 2.55. The van der Waals surface area contributed by atoms with Gasteiger partial charge in [-0.15, -0.1) is 0 Å². The summed E-state index contributed by atoms with van der Waals surface area (Å²) < 4.78 is 0. The van der Waals surface area contributed by atoms with E-state index in [9.17, 15) is 10.2 Å². The Bertz CT molecular complexity index is 527. The second-order valence-corrected chi connectivity index (χ2v) is 3.49. The maximum absolute atomic E-state index is 9.54. The number of benzene rings is 2. The van der Waals surface area contributed by atoms with E-state index in [4.69, 9.17) is 5.11 Å². The molecule has 4 heteroatoms. The lowest BCUT2D eigenvalue weighted by Crippen LogP contribution is -1.83. The topological polar surface area (TPSA) is 73.0 Å². The van der Waals surface area contributed by atoms with Crippen LogP contribution in [0.25, 0.3) is 0 Å². The van der Waals surface area contributed by atoms with Gasteiger partial charge in [-0.25, -0.2) is 0 Å². The van der Waals surface area contributed by atoms with Crippen molar-refractivity contribution in [3.8, 4) is 17.2 Å². The van der Waals surface area contributed by atoms with Gasteiger partial charge >= 0.3 is 0 Å². The molecule has 3 N–H and O–H groups in total. The number of para-hydroxylation sites is 1. The molecule has 0 atom stereocenters. The van der Waals surface area contributed by atoms with E-state index in [1.807, 2.05) is 18.2 Å². The zero-order chi connectivity index (χ0) is 12.3. The Morgan fingerprint density at radius 1 is 0.882 bits per heavy atom. The summed E-state index contributed by atoms with van der Waals surface area (Å²) in [6.07, 6.45) is 1.35. The van der Waals surface area contributed by atoms with Crippen molar-refractivity contribution in [2.45, 2.75) is 0 Å². The SMILES string of the molecule is Oc1cc(O)c(C=Nc2ccccc2)c(O)c1. The highest BCUT2D eigenvalue weighted by molar-refractivity contribution is 5.89. The maximum Gasteiger partial charge on any atom is 0.131 e. The van der Waals surface area contributed by atoms with Gasteiger partial charge in [-0.3, -0.25) is 4.99 Å². The molecular formula is C13H11NO3. The van der Waals surface area contributed by atoms with Crippen LogP contribution >= 0.6 is 0 Å². The number of aromatic hydroxyl groups is 3. The monoisotopic (exact) mass is 229 g/mol. The molecule has 0 aliphatic rings. The lowest BCUT2D eigenvalue weighted by molar-refractivity contribution is 0.427. The van der Waals surface area contributed by atoms with E-state index < -0.39 is 0 Å². The molecule has 0 spiro atoms. The summed E-state index contributed by atoms with van der Waals surface area (Å²) in [6.45, 7) is 0. The summed E-state index contributed by atoms with van der Waals surface area (Å²) in [5.41, 5.74) is 0.881. The minimum absolute atomic E-state index is 0.173. The lowest BCUT2D eigenvalue weighted by Gasteiger charge is -2.02. The van der Waals surface area contributed by atoms with E-state index in [1.165, 1.54) is 6.21 Å². The van der Waals surface area contributed by atoms with Crippen molar-refractivity contribution in [1.82, 2.24) is 0 Å². The van der Waals surface area contributed by atoms with E-state index in [-0.39, 0.29) is 22.8 Å². The molecule has 0 bridgehead atoms. The van der Waals surface area contributed by atoms with Gasteiger partial charge in [-0.05, 0) is 12.1 Å². The molecular weight excluding hydrogens is 218 g/mol. The molecule has 0 fully saturated rings. The first-order valence-electron chi connectivity index (χ1n) is 5.01. The van der Waals surface area contributed by atoms with Crippen LogP contribution in [-0.2, 0) is 0 Å². The molecule has 0 radical (unpaired) electrons. The van der Waals surface area contributed by atoms with Gasteiger partial charge in [0, 0.05) is 18.3 Å². The van der Waals surface area contributed by atoms with Crippen molar-refractivity contribution in [3.05, 3.63) is 48.0 Å². The van der Waals surface area contributed by atoms with Crippen molar-refractivity contribution < 1.29 is 15.3 Å². The first-order chi connectivity index (χ1) is 8.16. The van der Waals surface area contributed by atoms with Gasteiger partial charge in [0.2, 0.25) is 0 Å². The van der Waals surface area contributed by atoms with Crippen LogP contribution in [0, 0.1) is 0 Å². The summed E-state index contributed by atoms with van der Waals surface area (Å²) in [5.74, 6) is -0.638. The fourth-order valence-electron chi connectivity index (χ4n) is 1.39. The highest BCUT2D eigenvalue weighted by atomic mass is 16.3. The van der Waals surface area contributed by atoms with Crippen LogP contribution in [-0.4, -0.2) is 21.5 Å². The van der Waals surface area contributed by atoms with Crippen LogP contribution in [0.15, 0.2) is 47.5 Å². The fourth-order valence-corrected chi connectivity index (χ4v) is 1.39. The molecule has 2 aromatic rings.